The number of ether oxygens (including phenoxy) is 1. The van der Waals surface area contributed by atoms with E-state index >= 15 is 0 Å². The van der Waals surface area contributed by atoms with E-state index in [2.05, 4.69) is 12.2 Å². The minimum Gasteiger partial charge on any atom is -0.494 e. The normalized spacial score (nSPS) is 17.1. The molecule has 148 valence electrons. The van der Waals surface area contributed by atoms with Crippen molar-refractivity contribution in [1.29, 1.82) is 0 Å². The third kappa shape index (κ3) is 6.31. The number of benzene rings is 1. The van der Waals surface area contributed by atoms with Gasteiger partial charge in [-0.1, -0.05) is 38.5 Å². The fourth-order valence-corrected chi connectivity index (χ4v) is 4.02. The summed E-state index contributed by atoms with van der Waals surface area (Å²) >= 11 is 1.61. The van der Waals surface area contributed by atoms with Gasteiger partial charge in [0.2, 0.25) is 5.91 Å². The highest BCUT2D eigenvalue weighted by molar-refractivity contribution is 7.99. The van der Waals surface area contributed by atoms with Crippen molar-refractivity contribution >= 4 is 23.6 Å². The van der Waals surface area contributed by atoms with Gasteiger partial charge in [-0.3, -0.25) is 9.59 Å². The number of carbonyl (C=O) groups excluding carboxylic acids is 2. The summed E-state index contributed by atoms with van der Waals surface area (Å²) < 4.78 is 5.72. The van der Waals surface area contributed by atoms with E-state index in [1.165, 1.54) is 0 Å². The third-order valence-corrected chi connectivity index (χ3v) is 5.44. The average Bonchev–Trinajstić information content (AvgIpc) is 3.16. The van der Waals surface area contributed by atoms with Crippen molar-refractivity contribution in [2.75, 3.05) is 18.2 Å². The Hall–Kier alpha value is -1.95. The number of hydrogen-bond acceptors (Lipinski definition) is 4. The minimum absolute atomic E-state index is 0.0479. The SMILES string of the molecule is CC/C=C(\C)C(=O)N1CSCC1C(=O)NCc1cccc(OCCCC)c1. The first-order chi connectivity index (χ1) is 13.1. The topological polar surface area (TPSA) is 58.6 Å². The van der Waals surface area contributed by atoms with Crippen LogP contribution in [-0.2, 0) is 16.1 Å². The maximum atomic E-state index is 12.6. The Balaban J connectivity index is 1.92. The van der Waals surface area contributed by atoms with Gasteiger partial charge in [0.05, 0.1) is 12.5 Å². The number of unbranched alkanes of at least 4 members (excludes halogenated alkanes) is 1. The lowest BCUT2D eigenvalue weighted by Crippen LogP contribution is -2.47. The molecule has 2 amide bonds. The van der Waals surface area contributed by atoms with Gasteiger partial charge in [0.15, 0.2) is 0 Å². The average molecular weight is 391 g/mol. The number of amides is 2. The highest BCUT2D eigenvalue weighted by Gasteiger charge is 2.34. The number of thioether (sulfide) groups is 1. The van der Waals surface area contributed by atoms with Crippen LogP contribution in [0.2, 0.25) is 0 Å². The first kappa shape index (κ1) is 21.4. The molecule has 27 heavy (non-hydrogen) atoms. The summed E-state index contributed by atoms with van der Waals surface area (Å²) in [6.07, 6.45) is 4.84. The molecular formula is C21H30N2O3S. The van der Waals surface area contributed by atoms with Gasteiger partial charge < -0.3 is 15.0 Å². The van der Waals surface area contributed by atoms with E-state index in [0.717, 1.165) is 30.6 Å². The molecule has 5 nitrogen and oxygen atoms in total. The largest absolute Gasteiger partial charge is 0.494 e. The standard InChI is InChI=1S/C21H30N2O3S/c1-4-6-11-26-18-10-7-9-17(12-18)13-22-20(24)19-14-27-15-23(19)21(25)16(3)8-5-2/h7-10,12,19H,4-6,11,13-15H2,1-3H3,(H,22,24)/b16-8+. The molecule has 0 spiro atoms. The molecule has 0 aliphatic carbocycles. The molecule has 1 atom stereocenters. The van der Waals surface area contributed by atoms with Crippen LogP contribution < -0.4 is 10.1 Å². The minimum atomic E-state index is -0.410. The molecule has 0 saturated carbocycles. The lowest BCUT2D eigenvalue weighted by Gasteiger charge is -2.23. The molecule has 1 N–H and O–H groups in total. The molecule has 1 aromatic rings. The van der Waals surface area contributed by atoms with Crippen LogP contribution >= 0.6 is 11.8 Å². The van der Waals surface area contributed by atoms with E-state index in [1.54, 1.807) is 16.7 Å². The van der Waals surface area contributed by atoms with E-state index in [9.17, 15) is 9.59 Å². The van der Waals surface area contributed by atoms with Crippen LogP contribution in [0.15, 0.2) is 35.9 Å². The number of hydrogen-bond donors (Lipinski definition) is 1. The first-order valence-electron chi connectivity index (χ1n) is 9.61. The summed E-state index contributed by atoms with van der Waals surface area (Å²) in [5.41, 5.74) is 1.69. The van der Waals surface area contributed by atoms with Crippen LogP contribution in [0.25, 0.3) is 0 Å². The zero-order valence-electron chi connectivity index (χ0n) is 16.5. The Morgan fingerprint density at radius 2 is 2.19 bits per heavy atom. The zero-order valence-corrected chi connectivity index (χ0v) is 17.3. The molecule has 1 unspecified atom stereocenters. The predicted octanol–water partition coefficient (Wildman–Crippen LogP) is 3.74. The fourth-order valence-electron chi connectivity index (χ4n) is 2.87. The van der Waals surface area contributed by atoms with Crippen LogP contribution in [0.1, 0.15) is 45.6 Å². The molecule has 1 aliphatic rings. The predicted molar refractivity (Wildman–Crippen MR) is 111 cm³/mol. The molecule has 0 radical (unpaired) electrons. The lowest BCUT2D eigenvalue weighted by molar-refractivity contribution is -0.135. The van der Waals surface area contributed by atoms with Gasteiger partial charge in [-0.2, -0.15) is 0 Å². The summed E-state index contributed by atoms with van der Waals surface area (Å²) in [4.78, 5) is 26.9. The van der Waals surface area contributed by atoms with Gasteiger partial charge in [0.1, 0.15) is 11.8 Å². The fraction of sp³-hybridized carbons (Fsp3) is 0.524. The van der Waals surface area contributed by atoms with Crippen molar-refractivity contribution in [3.63, 3.8) is 0 Å². The van der Waals surface area contributed by atoms with Crippen molar-refractivity contribution in [3.8, 4) is 5.75 Å². The Morgan fingerprint density at radius 1 is 1.37 bits per heavy atom. The molecule has 0 aromatic heterocycles. The third-order valence-electron chi connectivity index (χ3n) is 4.43. The van der Waals surface area contributed by atoms with Crippen LogP contribution in [0.5, 0.6) is 5.75 Å². The first-order valence-corrected chi connectivity index (χ1v) is 10.8. The highest BCUT2D eigenvalue weighted by atomic mass is 32.2. The van der Waals surface area contributed by atoms with Crippen molar-refractivity contribution < 1.29 is 14.3 Å². The molecule has 1 aliphatic heterocycles. The van der Waals surface area contributed by atoms with Gasteiger partial charge in [-0.15, -0.1) is 11.8 Å². The number of rotatable bonds is 9. The van der Waals surface area contributed by atoms with Crippen LogP contribution in [-0.4, -0.2) is 41.0 Å². The van der Waals surface area contributed by atoms with E-state index < -0.39 is 6.04 Å². The van der Waals surface area contributed by atoms with Crippen molar-refractivity contribution in [3.05, 3.63) is 41.5 Å². The monoisotopic (exact) mass is 390 g/mol. The molecule has 1 saturated heterocycles. The van der Waals surface area contributed by atoms with Crippen LogP contribution in [0.4, 0.5) is 0 Å². The molecule has 0 bridgehead atoms. The van der Waals surface area contributed by atoms with Gasteiger partial charge in [-0.05, 0) is 37.5 Å². The quantitative estimate of drug-likeness (QED) is 0.515. The summed E-state index contributed by atoms with van der Waals surface area (Å²) in [5.74, 6) is 1.87. The number of allylic oxidation sites excluding steroid dienone is 1. The van der Waals surface area contributed by atoms with Crippen molar-refractivity contribution in [1.82, 2.24) is 10.2 Å². The Kier molecular flexibility index (Phi) is 8.72. The molecule has 6 heteroatoms. The van der Waals surface area contributed by atoms with Gasteiger partial charge in [-0.25, -0.2) is 0 Å². The van der Waals surface area contributed by atoms with E-state index in [0.29, 0.717) is 30.4 Å². The van der Waals surface area contributed by atoms with Gasteiger partial charge in [0.25, 0.3) is 5.91 Å². The second-order valence-electron chi connectivity index (χ2n) is 6.65. The zero-order chi connectivity index (χ0) is 19.6. The Morgan fingerprint density at radius 3 is 2.93 bits per heavy atom. The number of carbonyl (C=O) groups is 2. The van der Waals surface area contributed by atoms with Crippen molar-refractivity contribution in [2.24, 2.45) is 0 Å². The smallest absolute Gasteiger partial charge is 0.250 e. The lowest BCUT2D eigenvalue weighted by atomic mass is 10.1. The van der Waals surface area contributed by atoms with Crippen LogP contribution in [0.3, 0.4) is 0 Å². The maximum Gasteiger partial charge on any atom is 0.250 e. The molecule has 1 fully saturated rings. The van der Waals surface area contributed by atoms with E-state index in [4.69, 9.17) is 4.74 Å². The molecular weight excluding hydrogens is 360 g/mol. The van der Waals surface area contributed by atoms with Gasteiger partial charge >= 0.3 is 0 Å². The summed E-state index contributed by atoms with van der Waals surface area (Å²) in [5, 5.41) is 2.97. The Bertz CT molecular complexity index is 675. The molecule has 2 rings (SSSR count). The number of nitrogens with one attached hydrogen (secondary N) is 1. The van der Waals surface area contributed by atoms with Crippen molar-refractivity contribution in [2.45, 2.75) is 52.6 Å². The highest BCUT2D eigenvalue weighted by Crippen LogP contribution is 2.23. The van der Waals surface area contributed by atoms with Crippen LogP contribution in [0, 0.1) is 0 Å². The summed E-state index contributed by atoms with van der Waals surface area (Å²) in [6.45, 7) is 7.07. The Labute approximate surface area is 166 Å². The summed E-state index contributed by atoms with van der Waals surface area (Å²) in [7, 11) is 0. The summed E-state index contributed by atoms with van der Waals surface area (Å²) in [6, 6.07) is 7.37. The number of nitrogens with zero attached hydrogens (tertiary/aromatic N) is 1. The van der Waals surface area contributed by atoms with Gasteiger partial charge in [0, 0.05) is 17.9 Å². The van der Waals surface area contributed by atoms with E-state index in [1.807, 2.05) is 44.2 Å². The second-order valence-corrected chi connectivity index (χ2v) is 7.65. The molecule has 1 aromatic carbocycles. The van der Waals surface area contributed by atoms with E-state index in [-0.39, 0.29) is 11.8 Å². The second kappa shape index (κ2) is 11.0. The maximum absolute atomic E-state index is 12.6. The molecule has 1 heterocycles.